The van der Waals surface area contributed by atoms with Crippen molar-refractivity contribution < 1.29 is 13.2 Å². The van der Waals surface area contributed by atoms with E-state index < -0.39 is 22.0 Å². The minimum Gasteiger partial charge on any atom is -0.344 e. The van der Waals surface area contributed by atoms with E-state index in [-0.39, 0.29) is 10.7 Å². The van der Waals surface area contributed by atoms with Gasteiger partial charge in [0.2, 0.25) is 10.0 Å². The Morgan fingerprint density at radius 1 is 1.17 bits per heavy atom. The molecule has 2 aromatic heterocycles. The maximum absolute atomic E-state index is 12.8. The molecule has 10 heteroatoms. The van der Waals surface area contributed by atoms with Gasteiger partial charge in [-0.1, -0.05) is 23.7 Å². The Balaban J connectivity index is 1.83. The summed E-state index contributed by atoms with van der Waals surface area (Å²) in [6.45, 7) is 5.56. The van der Waals surface area contributed by atoms with Gasteiger partial charge in [-0.2, -0.15) is 5.10 Å². The Morgan fingerprint density at radius 2 is 1.90 bits per heavy atom. The summed E-state index contributed by atoms with van der Waals surface area (Å²) in [7, 11) is -3.40. The van der Waals surface area contributed by atoms with Gasteiger partial charge in [0.1, 0.15) is 5.69 Å². The lowest BCUT2D eigenvalue weighted by Crippen LogP contribution is -2.28. The molecule has 0 bridgehead atoms. The molecule has 3 aromatic rings. The number of aromatic nitrogens is 3. The van der Waals surface area contributed by atoms with Crippen LogP contribution in [0.4, 0.5) is 5.69 Å². The van der Waals surface area contributed by atoms with Crippen molar-refractivity contribution >= 4 is 33.2 Å². The highest BCUT2D eigenvalue weighted by Gasteiger charge is 2.18. The van der Waals surface area contributed by atoms with Crippen molar-refractivity contribution in [1.29, 1.82) is 0 Å². The molecule has 0 fully saturated rings. The van der Waals surface area contributed by atoms with Gasteiger partial charge in [0.25, 0.3) is 5.91 Å². The number of carbonyl (C=O) groups is 1. The number of sulfonamides is 1. The third kappa shape index (κ3) is 5.17. The topological polar surface area (TPSA) is 106 Å². The number of pyridine rings is 1. The van der Waals surface area contributed by atoms with Crippen molar-refractivity contribution in [3.63, 3.8) is 0 Å². The van der Waals surface area contributed by atoms with Crippen molar-refractivity contribution in [2.24, 2.45) is 0 Å². The number of anilines is 1. The standard InChI is InChI=1S/C20H22ClN5O3S/c1-12-10-13(2)26(24-12)18-9-8-17(21)19(23-18)20(27)22-14(3)15-6-5-7-16(11-15)25-30(4,28)29/h5-11,14,25H,1-4H3,(H,22,27). The Bertz CT molecular complexity index is 1210. The van der Waals surface area contributed by atoms with E-state index in [2.05, 4.69) is 20.1 Å². The molecule has 1 aromatic carbocycles. The Morgan fingerprint density at radius 3 is 2.53 bits per heavy atom. The minimum atomic E-state index is -3.40. The summed E-state index contributed by atoms with van der Waals surface area (Å²) in [6.07, 6.45) is 1.08. The Labute approximate surface area is 180 Å². The molecule has 0 saturated carbocycles. The highest BCUT2D eigenvalue weighted by molar-refractivity contribution is 7.92. The first kappa shape index (κ1) is 21.8. The van der Waals surface area contributed by atoms with Crippen molar-refractivity contribution in [2.45, 2.75) is 26.8 Å². The summed E-state index contributed by atoms with van der Waals surface area (Å²) >= 11 is 6.22. The summed E-state index contributed by atoms with van der Waals surface area (Å²) < 4.78 is 27.0. The van der Waals surface area contributed by atoms with Gasteiger partial charge in [-0.25, -0.2) is 18.1 Å². The van der Waals surface area contributed by atoms with Crippen LogP contribution in [0.1, 0.15) is 40.4 Å². The molecule has 0 spiro atoms. The van der Waals surface area contributed by atoms with Crippen LogP contribution in [0.15, 0.2) is 42.5 Å². The molecule has 0 aliphatic heterocycles. The largest absolute Gasteiger partial charge is 0.344 e. The van der Waals surface area contributed by atoms with Gasteiger partial charge in [0.15, 0.2) is 5.82 Å². The predicted molar refractivity (Wildman–Crippen MR) is 117 cm³/mol. The first-order valence-corrected chi connectivity index (χ1v) is 11.4. The monoisotopic (exact) mass is 447 g/mol. The summed E-state index contributed by atoms with van der Waals surface area (Å²) in [5.41, 5.74) is 2.95. The summed E-state index contributed by atoms with van der Waals surface area (Å²) in [4.78, 5) is 17.2. The number of carbonyl (C=O) groups excluding carboxylic acids is 1. The van der Waals surface area contributed by atoms with Crippen molar-refractivity contribution in [3.8, 4) is 5.82 Å². The molecule has 0 aliphatic rings. The molecule has 1 amide bonds. The van der Waals surface area contributed by atoms with Crippen LogP contribution in [0.2, 0.25) is 5.02 Å². The average Bonchev–Trinajstić information content (AvgIpc) is 2.99. The van der Waals surface area contributed by atoms with Gasteiger partial charge in [-0.05, 0) is 56.7 Å². The molecule has 0 radical (unpaired) electrons. The van der Waals surface area contributed by atoms with Crippen LogP contribution in [0.3, 0.4) is 0 Å². The number of rotatable bonds is 6. The molecule has 0 saturated heterocycles. The molecular weight excluding hydrogens is 426 g/mol. The van der Waals surface area contributed by atoms with E-state index in [1.165, 1.54) is 0 Å². The van der Waals surface area contributed by atoms with E-state index in [9.17, 15) is 13.2 Å². The van der Waals surface area contributed by atoms with Crippen LogP contribution in [-0.4, -0.2) is 35.3 Å². The van der Waals surface area contributed by atoms with Crippen LogP contribution in [0.5, 0.6) is 0 Å². The van der Waals surface area contributed by atoms with Gasteiger partial charge in [0, 0.05) is 11.4 Å². The van der Waals surface area contributed by atoms with Gasteiger partial charge < -0.3 is 5.32 Å². The fraction of sp³-hybridized carbons (Fsp3) is 0.250. The Kier molecular flexibility index (Phi) is 6.14. The third-order valence-corrected chi connectivity index (χ3v) is 5.22. The molecule has 8 nitrogen and oxygen atoms in total. The first-order valence-electron chi connectivity index (χ1n) is 9.12. The van der Waals surface area contributed by atoms with Gasteiger partial charge in [0.05, 0.1) is 23.0 Å². The van der Waals surface area contributed by atoms with Crippen LogP contribution in [0.25, 0.3) is 5.82 Å². The van der Waals surface area contributed by atoms with E-state index in [0.717, 1.165) is 23.2 Å². The van der Waals surface area contributed by atoms with E-state index in [4.69, 9.17) is 11.6 Å². The Hall–Kier alpha value is -2.91. The lowest BCUT2D eigenvalue weighted by atomic mass is 10.1. The van der Waals surface area contributed by atoms with Gasteiger partial charge in [-0.15, -0.1) is 0 Å². The summed E-state index contributed by atoms with van der Waals surface area (Å²) in [5, 5.41) is 7.45. The molecule has 3 rings (SSSR count). The fourth-order valence-corrected chi connectivity index (χ4v) is 3.75. The maximum Gasteiger partial charge on any atom is 0.271 e. The lowest BCUT2D eigenvalue weighted by molar-refractivity contribution is 0.0935. The molecule has 1 unspecified atom stereocenters. The number of benzene rings is 1. The van der Waals surface area contributed by atoms with E-state index in [1.54, 1.807) is 48.0 Å². The second kappa shape index (κ2) is 8.45. The number of hydrogen-bond donors (Lipinski definition) is 2. The van der Waals surface area contributed by atoms with Crippen LogP contribution in [-0.2, 0) is 10.0 Å². The number of nitrogens with one attached hydrogen (secondary N) is 2. The molecule has 30 heavy (non-hydrogen) atoms. The summed E-state index contributed by atoms with van der Waals surface area (Å²) in [5.74, 6) is 0.0412. The van der Waals surface area contributed by atoms with Crippen LogP contribution in [0, 0.1) is 13.8 Å². The minimum absolute atomic E-state index is 0.0824. The van der Waals surface area contributed by atoms with Crippen molar-refractivity contribution in [3.05, 3.63) is 70.1 Å². The normalized spacial score (nSPS) is 12.4. The highest BCUT2D eigenvalue weighted by atomic mass is 35.5. The van der Waals surface area contributed by atoms with Crippen LogP contribution < -0.4 is 10.0 Å². The van der Waals surface area contributed by atoms with Crippen molar-refractivity contribution in [1.82, 2.24) is 20.1 Å². The number of amides is 1. The van der Waals surface area contributed by atoms with Gasteiger partial charge in [-0.3, -0.25) is 9.52 Å². The lowest BCUT2D eigenvalue weighted by Gasteiger charge is -2.16. The molecule has 2 heterocycles. The number of nitrogens with zero attached hydrogens (tertiary/aromatic N) is 3. The zero-order valence-corrected chi connectivity index (χ0v) is 18.5. The quantitative estimate of drug-likeness (QED) is 0.602. The number of halogens is 1. The molecule has 158 valence electrons. The number of aryl methyl sites for hydroxylation is 2. The molecule has 1 atom stereocenters. The van der Waals surface area contributed by atoms with Gasteiger partial charge >= 0.3 is 0 Å². The fourth-order valence-electron chi connectivity index (χ4n) is 3.00. The molecule has 2 N–H and O–H groups in total. The zero-order chi connectivity index (χ0) is 22.1. The van der Waals surface area contributed by atoms with E-state index >= 15 is 0 Å². The number of hydrogen-bond acceptors (Lipinski definition) is 5. The van der Waals surface area contributed by atoms with E-state index in [1.807, 2.05) is 19.9 Å². The second-order valence-electron chi connectivity index (χ2n) is 7.03. The van der Waals surface area contributed by atoms with Crippen molar-refractivity contribution in [2.75, 3.05) is 11.0 Å². The zero-order valence-electron chi connectivity index (χ0n) is 17.0. The SMILES string of the molecule is Cc1cc(C)n(-c2ccc(Cl)c(C(=O)NC(C)c3cccc(NS(C)(=O)=O)c3)n2)n1. The van der Waals surface area contributed by atoms with Crippen LogP contribution >= 0.6 is 11.6 Å². The smallest absolute Gasteiger partial charge is 0.271 e. The maximum atomic E-state index is 12.8. The third-order valence-electron chi connectivity index (χ3n) is 4.31. The highest BCUT2D eigenvalue weighted by Crippen LogP contribution is 2.21. The first-order chi connectivity index (χ1) is 14.0. The van der Waals surface area contributed by atoms with E-state index in [0.29, 0.717) is 11.5 Å². The molecular formula is C20H22ClN5O3S. The summed E-state index contributed by atoms with van der Waals surface area (Å²) in [6, 6.07) is 11.6. The molecule has 0 aliphatic carbocycles. The average molecular weight is 448 g/mol. The predicted octanol–water partition coefficient (Wildman–Crippen LogP) is 3.40. The second-order valence-corrected chi connectivity index (χ2v) is 9.19.